The molecule has 1 aliphatic carbocycles. The van der Waals surface area contributed by atoms with Gasteiger partial charge in [0.05, 0.1) is 24.8 Å². The summed E-state index contributed by atoms with van der Waals surface area (Å²) in [5.41, 5.74) is 4.22. The van der Waals surface area contributed by atoms with Crippen LogP contribution < -0.4 is 9.80 Å². The molecule has 5 nitrogen and oxygen atoms in total. The number of quaternary nitrogens is 1. The maximum atomic E-state index is 13.3. The Hall–Kier alpha value is -1.98. The third kappa shape index (κ3) is 3.46. The van der Waals surface area contributed by atoms with E-state index in [-0.39, 0.29) is 23.7 Å². The number of carbonyl (C=O) groups excluding carboxylic acids is 2. The number of anilines is 1. The van der Waals surface area contributed by atoms with E-state index in [1.165, 1.54) is 15.5 Å². The monoisotopic (exact) mass is 369 g/mol. The lowest BCUT2D eigenvalue weighted by Gasteiger charge is -2.34. The van der Waals surface area contributed by atoms with E-state index in [0.717, 1.165) is 62.4 Å². The van der Waals surface area contributed by atoms with Gasteiger partial charge in [-0.05, 0) is 50.8 Å². The van der Waals surface area contributed by atoms with Crippen LogP contribution in [0.4, 0.5) is 5.69 Å². The molecule has 2 heterocycles. The first-order valence-electron chi connectivity index (χ1n) is 10.1. The highest BCUT2D eigenvalue weighted by Crippen LogP contribution is 2.38. The van der Waals surface area contributed by atoms with Crippen molar-refractivity contribution in [1.29, 1.82) is 0 Å². The van der Waals surface area contributed by atoms with Gasteiger partial charge in [-0.1, -0.05) is 17.7 Å². The van der Waals surface area contributed by atoms with E-state index in [1.807, 2.05) is 32.0 Å². The van der Waals surface area contributed by atoms with Crippen LogP contribution in [0.2, 0.25) is 0 Å². The zero-order chi connectivity index (χ0) is 19.0. The number of amides is 2. The van der Waals surface area contributed by atoms with Crippen LogP contribution in [0.3, 0.4) is 0 Å². The van der Waals surface area contributed by atoms with Crippen molar-refractivity contribution in [1.82, 2.24) is 0 Å². The minimum atomic E-state index is -0.222. The summed E-state index contributed by atoms with van der Waals surface area (Å²) in [4.78, 5) is 29.0. The fraction of sp³-hybridized carbons (Fsp3) is 0.545. The minimum Gasteiger partial charge on any atom is -0.370 e. The molecule has 2 aliphatic heterocycles. The van der Waals surface area contributed by atoms with Gasteiger partial charge in [0.25, 0.3) is 0 Å². The number of hydrogen-bond acceptors (Lipinski definition) is 3. The first-order chi connectivity index (χ1) is 13.1. The number of imide groups is 1. The van der Waals surface area contributed by atoms with E-state index in [1.54, 1.807) is 0 Å². The van der Waals surface area contributed by atoms with Gasteiger partial charge in [-0.25, -0.2) is 0 Å². The smallest absolute Gasteiger partial charge is 0.238 e. The second kappa shape index (κ2) is 7.56. The largest absolute Gasteiger partial charge is 0.370 e. The quantitative estimate of drug-likeness (QED) is 0.827. The Morgan fingerprint density at radius 3 is 2.63 bits per heavy atom. The Balaban J connectivity index is 1.60. The van der Waals surface area contributed by atoms with E-state index in [9.17, 15) is 9.59 Å². The van der Waals surface area contributed by atoms with Gasteiger partial charge in [0.2, 0.25) is 11.8 Å². The number of hydrogen-bond donors (Lipinski definition) is 1. The van der Waals surface area contributed by atoms with Crippen molar-refractivity contribution < 1.29 is 19.2 Å². The molecule has 5 heteroatoms. The van der Waals surface area contributed by atoms with E-state index >= 15 is 0 Å². The number of nitrogens with one attached hydrogen (secondary N) is 1. The summed E-state index contributed by atoms with van der Waals surface area (Å²) < 4.78 is 5.51. The molecule has 0 unspecified atom stereocenters. The molecular formula is C22H29N2O3+. The number of aryl methyl sites for hydroxylation is 2. The highest BCUT2D eigenvalue weighted by Gasteiger charge is 2.47. The average Bonchev–Trinajstić information content (AvgIpc) is 2.97. The van der Waals surface area contributed by atoms with Crippen LogP contribution in [0.1, 0.15) is 36.8 Å². The third-order valence-corrected chi connectivity index (χ3v) is 6.25. The van der Waals surface area contributed by atoms with Crippen molar-refractivity contribution in [3.63, 3.8) is 0 Å². The fourth-order valence-corrected chi connectivity index (χ4v) is 4.91. The molecule has 0 saturated carbocycles. The molecule has 2 atom stereocenters. The van der Waals surface area contributed by atoms with Crippen LogP contribution in [0.25, 0.3) is 0 Å². The van der Waals surface area contributed by atoms with Crippen molar-refractivity contribution in [2.75, 3.05) is 31.2 Å². The van der Waals surface area contributed by atoms with Crippen LogP contribution in [-0.4, -0.2) is 38.1 Å². The van der Waals surface area contributed by atoms with Gasteiger partial charge >= 0.3 is 0 Å². The molecule has 1 N–H and O–H groups in total. The normalized spacial score (nSPS) is 27.2. The van der Waals surface area contributed by atoms with Gasteiger partial charge in [0.15, 0.2) is 0 Å². The zero-order valence-electron chi connectivity index (χ0n) is 16.3. The Bertz CT molecular complexity index is 780. The third-order valence-electron chi connectivity index (χ3n) is 6.25. The molecule has 0 bridgehead atoms. The molecule has 2 saturated heterocycles. The van der Waals surface area contributed by atoms with Crippen molar-refractivity contribution in [3.8, 4) is 0 Å². The van der Waals surface area contributed by atoms with Crippen molar-refractivity contribution in [2.45, 2.75) is 39.5 Å². The summed E-state index contributed by atoms with van der Waals surface area (Å²) in [7, 11) is 0. The van der Waals surface area contributed by atoms with Crippen LogP contribution >= 0.6 is 0 Å². The zero-order valence-corrected chi connectivity index (χ0v) is 16.3. The Morgan fingerprint density at radius 1 is 1.11 bits per heavy atom. The summed E-state index contributed by atoms with van der Waals surface area (Å²) in [6, 6.07) is 5.92. The molecule has 0 spiro atoms. The molecule has 27 heavy (non-hydrogen) atoms. The second-order valence-electron chi connectivity index (χ2n) is 8.08. The molecule has 2 amide bonds. The summed E-state index contributed by atoms with van der Waals surface area (Å²) >= 11 is 0. The van der Waals surface area contributed by atoms with Crippen molar-refractivity contribution in [3.05, 3.63) is 41.1 Å². The Kier molecular flexibility index (Phi) is 5.15. The van der Waals surface area contributed by atoms with Crippen molar-refractivity contribution >= 4 is 17.5 Å². The second-order valence-corrected chi connectivity index (χ2v) is 8.08. The molecule has 0 aromatic heterocycles. The topological polar surface area (TPSA) is 51.1 Å². The number of nitrogens with zero attached hydrogens (tertiary/aromatic N) is 1. The number of carbonyl (C=O) groups is 2. The number of rotatable bonds is 3. The van der Waals surface area contributed by atoms with Gasteiger partial charge in [0.1, 0.15) is 18.8 Å². The average molecular weight is 369 g/mol. The van der Waals surface area contributed by atoms with E-state index in [2.05, 4.69) is 6.08 Å². The highest BCUT2D eigenvalue weighted by atomic mass is 16.5. The van der Waals surface area contributed by atoms with Crippen LogP contribution in [0.15, 0.2) is 30.0 Å². The molecule has 0 radical (unpaired) electrons. The summed E-state index contributed by atoms with van der Waals surface area (Å²) in [5, 5.41) is 0. The molecule has 4 rings (SSSR count). The molecule has 1 aromatic carbocycles. The van der Waals surface area contributed by atoms with Gasteiger partial charge in [-0.2, -0.15) is 0 Å². The molecule has 2 fully saturated rings. The van der Waals surface area contributed by atoms with Crippen LogP contribution in [0, 0.1) is 25.7 Å². The Morgan fingerprint density at radius 2 is 1.89 bits per heavy atom. The molecule has 3 aliphatic rings. The first kappa shape index (κ1) is 18.4. The highest BCUT2D eigenvalue weighted by molar-refractivity contribution is 6.21. The SMILES string of the molecule is Cc1ccc(N2C(=O)C[C@H]([C@@H]3CCCC=C3[NH+]3CCOCC3)C2=O)c(C)c1. The molecular weight excluding hydrogens is 340 g/mol. The maximum Gasteiger partial charge on any atom is 0.238 e. The van der Waals surface area contributed by atoms with Gasteiger partial charge in [-0.3, -0.25) is 14.5 Å². The minimum absolute atomic E-state index is 0.0163. The Labute approximate surface area is 161 Å². The van der Waals surface area contributed by atoms with Gasteiger partial charge in [0, 0.05) is 12.3 Å². The lowest BCUT2D eigenvalue weighted by atomic mass is 9.80. The van der Waals surface area contributed by atoms with Crippen LogP contribution in [0.5, 0.6) is 0 Å². The van der Waals surface area contributed by atoms with Gasteiger partial charge < -0.3 is 9.64 Å². The van der Waals surface area contributed by atoms with Crippen molar-refractivity contribution in [2.24, 2.45) is 11.8 Å². The first-order valence-corrected chi connectivity index (χ1v) is 10.1. The standard InChI is InChI=1S/C22H28N2O3/c1-15-7-8-19(16(2)13-15)24-21(25)14-18(22(24)26)17-5-3-4-6-20(17)23-9-11-27-12-10-23/h6-8,13,17-18H,3-5,9-12,14H2,1-2H3/p+1/t17-,18+/m0/s1. The van der Waals surface area contributed by atoms with E-state index in [0.29, 0.717) is 6.42 Å². The van der Waals surface area contributed by atoms with E-state index in [4.69, 9.17) is 4.74 Å². The maximum absolute atomic E-state index is 13.3. The van der Waals surface area contributed by atoms with E-state index < -0.39 is 0 Å². The van der Waals surface area contributed by atoms with Crippen LogP contribution in [-0.2, 0) is 14.3 Å². The number of morpholine rings is 1. The molecule has 1 aromatic rings. The summed E-state index contributed by atoms with van der Waals surface area (Å²) in [5.74, 6) is -0.115. The van der Waals surface area contributed by atoms with Gasteiger partial charge in [-0.15, -0.1) is 0 Å². The predicted molar refractivity (Wildman–Crippen MR) is 103 cm³/mol. The summed E-state index contributed by atoms with van der Waals surface area (Å²) in [6.07, 6.45) is 5.83. The lowest BCUT2D eigenvalue weighted by Crippen LogP contribution is -3.13. The lowest BCUT2D eigenvalue weighted by molar-refractivity contribution is -0.874. The number of benzene rings is 1. The predicted octanol–water partition coefficient (Wildman–Crippen LogP) is 1.78. The fourth-order valence-electron chi connectivity index (χ4n) is 4.91. The summed E-state index contributed by atoms with van der Waals surface area (Å²) in [6.45, 7) is 7.45. The number of allylic oxidation sites excluding steroid dienone is 2. The number of ether oxygens (including phenoxy) is 1. The molecule has 144 valence electrons.